The molecule has 6 nitrogen and oxygen atoms in total. The van der Waals surface area contributed by atoms with Crippen molar-refractivity contribution in [2.45, 2.75) is 12.7 Å². The highest BCUT2D eigenvalue weighted by Crippen LogP contribution is 2.29. The number of nitrogens with zero attached hydrogens (tertiary/aromatic N) is 5. The van der Waals surface area contributed by atoms with Gasteiger partial charge in [0.05, 0.1) is 17.8 Å². The normalized spacial score (nSPS) is 15.5. The molecule has 1 saturated heterocycles. The molecular weight excluding hydrogens is 368 g/mol. The average molecular weight is 385 g/mol. The molecule has 0 aliphatic carbocycles. The molecule has 0 amide bonds. The highest BCUT2D eigenvalue weighted by Gasteiger charge is 2.30. The van der Waals surface area contributed by atoms with Crippen LogP contribution in [0, 0.1) is 0 Å². The predicted molar refractivity (Wildman–Crippen MR) is 86.8 cm³/mol. The van der Waals surface area contributed by atoms with E-state index in [2.05, 4.69) is 25.7 Å². The van der Waals surface area contributed by atoms with Crippen molar-refractivity contribution < 1.29 is 13.2 Å². The van der Waals surface area contributed by atoms with Crippen LogP contribution in [0.15, 0.2) is 24.3 Å². The second kappa shape index (κ2) is 8.61. The zero-order valence-electron chi connectivity index (χ0n) is 12.5. The minimum Gasteiger partial charge on any atom is -0.314 e. The van der Waals surface area contributed by atoms with Crippen molar-refractivity contribution in [1.29, 1.82) is 0 Å². The highest BCUT2D eigenvalue weighted by atomic mass is 35.5. The highest BCUT2D eigenvalue weighted by molar-refractivity contribution is 5.85. The molecule has 1 N–H and O–H groups in total. The number of hydrogen-bond donors (Lipinski definition) is 1. The van der Waals surface area contributed by atoms with E-state index in [9.17, 15) is 13.2 Å². The summed E-state index contributed by atoms with van der Waals surface area (Å²) in [5.41, 5.74) is -0.170. The Kier molecular flexibility index (Phi) is 7.40. The fraction of sp³-hybridized carbons (Fsp3) is 0.462. The van der Waals surface area contributed by atoms with Crippen LogP contribution in [0.3, 0.4) is 0 Å². The summed E-state index contributed by atoms with van der Waals surface area (Å²) in [5, 5.41) is 14.7. The van der Waals surface area contributed by atoms with E-state index in [1.54, 1.807) is 0 Å². The summed E-state index contributed by atoms with van der Waals surface area (Å²) in [7, 11) is 0. The van der Waals surface area contributed by atoms with Gasteiger partial charge >= 0.3 is 6.18 Å². The number of nitrogens with one attached hydrogen (secondary N) is 1. The molecule has 1 aliphatic heterocycles. The third-order valence-corrected chi connectivity index (χ3v) is 3.55. The molecule has 1 aliphatic rings. The van der Waals surface area contributed by atoms with E-state index in [1.807, 2.05) is 0 Å². The number of tetrazole rings is 1. The van der Waals surface area contributed by atoms with Gasteiger partial charge in [-0.15, -0.1) is 29.9 Å². The first kappa shape index (κ1) is 20.6. The van der Waals surface area contributed by atoms with Gasteiger partial charge in [0.25, 0.3) is 0 Å². The van der Waals surface area contributed by atoms with Gasteiger partial charge in [0.1, 0.15) is 0 Å². The zero-order valence-corrected chi connectivity index (χ0v) is 14.2. The van der Waals surface area contributed by atoms with Crippen molar-refractivity contribution >= 4 is 24.8 Å². The monoisotopic (exact) mass is 384 g/mol. The van der Waals surface area contributed by atoms with Crippen molar-refractivity contribution in [1.82, 2.24) is 30.4 Å². The minimum absolute atomic E-state index is 0. The Morgan fingerprint density at radius 2 is 1.67 bits per heavy atom. The summed E-state index contributed by atoms with van der Waals surface area (Å²) < 4.78 is 39.2. The van der Waals surface area contributed by atoms with Crippen molar-refractivity contribution in [3.63, 3.8) is 0 Å². The van der Waals surface area contributed by atoms with Crippen LogP contribution in [0.1, 0.15) is 11.4 Å². The molecule has 0 atom stereocenters. The van der Waals surface area contributed by atoms with Gasteiger partial charge in [-0.2, -0.15) is 17.9 Å². The van der Waals surface area contributed by atoms with Gasteiger partial charge in [-0.25, -0.2) is 0 Å². The molecule has 0 unspecified atom stereocenters. The molecule has 1 fully saturated rings. The summed E-state index contributed by atoms with van der Waals surface area (Å²) in [5.74, 6) is 0.613. The van der Waals surface area contributed by atoms with E-state index in [0.29, 0.717) is 18.1 Å². The first-order valence-corrected chi connectivity index (χ1v) is 6.92. The fourth-order valence-electron chi connectivity index (χ4n) is 2.37. The van der Waals surface area contributed by atoms with Crippen LogP contribution in [0.5, 0.6) is 0 Å². The Balaban J connectivity index is 0.00000144. The molecule has 0 saturated carbocycles. The van der Waals surface area contributed by atoms with Crippen molar-refractivity contribution in [3.05, 3.63) is 35.7 Å². The number of rotatable bonds is 3. The van der Waals surface area contributed by atoms with E-state index < -0.39 is 11.7 Å². The van der Waals surface area contributed by atoms with Crippen LogP contribution in [0.4, 0.5) is 13.2 Å². The van der Waals surface area contributed by atoms with Gasteiger partial charge in [0.2, 0.25) is 0 Å². The SMILES string of the molecule is Cl.Cl.FC(F)(F)c1ccc(-n2nnnc2CN2CCNCC2)cc1. The molecule has 134 valence electrons. The molecular formula is C13H17Cl2F3N6. The Labute approximate surface area is 149 Å². The van der Waals surface area contributed by atoms with Crippen LogP contribution in [-0.2, 0) is 12.7 Å². The van der Waals surface area contributed by atoms with Crippen LogP contribution in [-0.4, -0.2) is 51.3 Å². The number of hydrogen-bond acceptors (Lipinski definition) is 5. The largest absolute Gasteiger partial charge is 0.416 e. The number of alkyl halides is 3. The van der Waals surface area contributed by atoms with Crippen LogP contribution < -0.4 is 5.32 Å². The third-order valence-electron chi connectivity index (χ3n) is 3.55. The molecule has 24 heavy (non-hydrogen) atoms. The minimum atomic E-state index is -4.34. The van der Waals surface area contributed by atoms with E-state index >= 15 is 0 Å². The predicted octanol–water partition coefficient (Wildman–Crippen LogP) is 1.93. The summed E-state index contributed by atoms with van der Waals surface area (Å²) in [6, 6.07) is 4.82. The van der Waals surface area contributed by atoms with Crippen LogP contribution in [0.25, 0.3) is 5.69 Å². The quantitative estimate of drug-likeness (QED) is 0.875. The Hall–Kier alpha value is -1.42. The maximum atomic E-state index is 12.6. The number of aromatic nitrogens is 4. The van der Waals surface area contributed by atoms with Gasteiger partial charge in [-0.05, 0) is 34.7 Å². The number of benzene rings is 1. The van der Waals surface area contributed by atoms with Gasteiger partial charge in [0, 0.05) is 26.2 Å². The molecule has 1 aromatic heterocycles. The molecule has 0 bridgehead atoms. The number of halogens is 5. The first-order valence-electron chi connectivity index (χ1n) is 6.92. The maximum Gasteiger partial charge on any atom is 0.416 e. The Morgan fingerprint density at radius 3 is 2.25 bits per heavy atom. The molecule has 2 heterocycles. The molecule has 0 radical (unpaired) electrons. The molecule has 1 aromatic carbocycles. The second-order valence-corrected chi connectivity index (χ2v) is 5.08. The standard InChI is InChI=1S/C13H15F3N6.2ClH/c14-13(15,16)10-1-3-11(4-2-10)22-12(18-19-20-22)9-21-7-5-17-6-8-21;;/h1-4,17H,5-9H2;2*1H. The topological polar surface area (TPSA) is 58.9 Å². The lowest BCUT2D eigenvalue weighted by Gasteiger charge is -2.26. The second-order valence-electron chi connectivity index (χ2n) is 5.08. The van der Waals surface area contributed by atoms with Gasteiger partial charge in [0.15, 0.2) is 5.82 Å². The summed E-state index contributed by atoms with van der Waals surface area (Å²) in [6.45, 7) is 4.15. The molecule has 2 aromatic rings. The first-order chi connectivity index (χ1) is 10.5. The van der Waals surface area contributed by atoms with Crippen molar-refractivity contribution in [3.8, 4) is 5.69 Å². The zero-order chi connectivity index (χ0) is 15.6. The van der Waals surface area contributed by atoms with E-state index in [1.165, 1.54) is 16.8 Å². The average Bonchev–Trinajstić information content (AvgIpc) is 2.96. The van der Waals surface area contributed by atoms with E-state index in [-0.39, 0.29) is 24.8 Å². The number of piperazine rings is 1. The van der Waals surface area contributed by atoms with E-state index in [4.69, 9.17) is 0 Å². The lowest BCUT2D eigenvalue weighted by Crippen LogP contribution is -2.43. The maximum absolute atomic E-state index is 12.6. The van der Waals surface area contributed by atoms with Gasteiger partial charge in [-0.3, -0.25) is 4.90 Å². The smallest absolute Gasteiger partial charge is 0.314 e. The molecule has 0 spiro atoms. The summed E-state index contributed by atoms with van der Waals surface area (Å²) in [4.78, 5) is 2.20. The lowest BCUT2D eigenvalue weighted by atomic mass is 10.2. The van der Waals surface area contributed by atoms with Crippen LogP contribution >= 0.6 is 24.8 Å². The Morgan fingerprint density at radius 1 is 1.04 bits per heavy atom. The van der Waals surface area contributed by atoms with Crippen LogP contribution in [0.2, 0.25) is 0 Å². The fourth-order valence-corrected chi connectivity index (χ4v) is 2.37. The summed E-state index contributed by atoms with van der Waals surface area (Å²) in [6.07, 6.45) is -4.34. The van der Waals surface area contributed by atoms with Crippen molar-refractivity contribution in [2.24, 2.45) is 0 Å². The van der Waals surface area contributed by atoms with Gasteiger partial charge < -0.3 is 5.32 Å². The van der Waals surface area contributed by atoms with Gasteiger partial charge in [-0.1, -0.05) is 0 Å². The summed E-state index contributed by atoms with van der Waals surface area (Å²) >= 11 is 0. The lowest BCUT2D eigenvalue weighted by molar-refractivity contribution is -0.137. The Bertz CT molecular complexity index is 625. The van der Waals surface area contributed by atoms with E-state index in [0.717, 1.165) is 38.3 Å². The third kappa shape index (κ3) is 4.79. The van der Waals surface area contributed by atoms with Crippen molar-refractivity contribution in [2.75, 3.05) is 26.2 Å². The molecule has 11 heteroatoms. The molecule has 3 rings (SSSR count).